The van der Waals surface area contributed by atoms with E-state index in [2.05, 4.69) is 0 Å². The molecule has 0 aliphatic heterocycles. The van der Waals surface area contributed by atoms with Gasteiger partial charge in [-0.05, 0) is 25.1 Å². The Balaban J connectivity index is 2.78. The van der Waals surface area contributed by atoms with Gasteiger partial charge in [-0.1, -0.05) is 6.07 Å². The van der Waals surface area contributed by atoms with Crippen molar-refractivity contribution in [2.24, 2.45) is 0 Å². The zero-order valence-corrected chi connectivity index (χ0v) is 7.60. The van der Waals surface area contributed by atoms with Crippen molar-refractivity contribution in [2.45, 2.75) is 13.0 Å². The number of hydrogen-bond acceptors (Lipinski definition) is 3. The molecule has 72 valence electrons. The number of nitriles is 1. The van der Waals surface area contributed by atoms with E-state index in [0.717, 1.165) is 0 Å². The number of aliphatic carboxylic acids is 1. The number of carboxylic acid groups (broad SMARTS) is 1. The Morgan fingerprint density at radius 3 is 2.93 bits per heavy atom. The van der Waals surface area contributed by atoms with E-state index < -0.39 is 12.1 Å². The average Bonchev–Trinajstić information content (AvgIpc) is 2.18. The molecule has 0 aliphatic rings. The topological polar surface area (TPSA) is 70.3 Å². The van der Waals surface area contributed by atoms with Gasteiger partial charge in [-0.25, -0.2) is 4.79 Å². The van der Waals surface area contributed by atoms with E-state index in [1.165, 1.54) is 13.0 Å². The molecule has 0 aliphatic carbocycles. The maximum atomic E-state index is 10.5. The molecule has 0 bridgehead atoms. The lowest BCUT2D eigenvalue weighted by Gasteiger charge is -2.09. The molecule has 0 saturated heterocycles. The molecule has 4 heteroatoms. The molecule has 0 saturated carbocycles. The van der Waals surface area contributed by atoms with Crippen LogP contribution in [0.2, 0.25) is 0 Å². The molecule has 0 aromatic heterocycles. The van der Waals surface area contributed by atoms with Gasteiger partial charge in [0.1, 0.15) is 5.75 Å². The Morgan fingerprint density at radius 2 is 2.36 bits per heavy atom. The summed E-state index contributed by atoms with van der Waals surface area (Å²) in [4.78, 5) is 10.5. The molecule has 0 amide bonds. The first-order valence-electron chi connectivity index (χ1n) is 4.03. The molecule has 0 radical (unpaired) electrons. The van der Waals surface area contributed by atoms with Crippen molar-refractivity contribution in [3.05, 3.63) is 29.8 Å². The largest absolute Gasteiger partial charge is 0.479 e. The molecular weight excluding hydrogens is 182 g/mol. The summed E-state index contributed by atoms with van der Waals surface area (Å²) in [5.41, 5.74) is 0.445. The van der Waals surface area contributed by atoms with Crippen LogP contribution in [0, 0.1) is 11.3 Å². The normalized spacial score (nSPS) is 11.4. The van der Waals surface area contributed by atoms with E-state index in [1.807, 2.05) is 6.07 Å². The summed E-state index contributed by atoms with van der Waals surface area (Å²) < 4.78 is 5.07. The van der Waals surface area contributed by atoms with Crippen molar-refractivity contribution in [1.29, 1.82) is 5.26 Å². The lowest BCUT2D eigenvalue weighted by atomic mass is 10.2. The van der Waals surface area contributed by atoms with Gasteiger partial charge in [0.25, 0.3) is 0 Å². The van der Waals surface area contributed by atoms with Gasteiger partial charge >= 0.3 is 5.97 Å². The molecule has 1 aromatic carbocycles. The van der Waals surface area contributed by atoms with E-state index in [9.17, 15) is 4.79 Å². The second kappa shape index (κ2) is 4.28. The fourth-order valence-electron chi connectivity index (χ4n) is 0.893. The number of ether oxygens (including phenoxy) is 1. The van der Waals surface area contributed by atoms with E-state index in [4.69, 9.17) is 15.1 Å². The van der Waals surface area contributed by atoms with Crippen LogP contribution in [0.15, 0.2) is 24.3 Å². The van der Waals surface area contributed by atoms with Crippen LogP contribution in [-0.4, -0.2) is 17.2 Å². The van der Waals surface area contributed by atoms with Crippen LogP contribution < -0.4 is 4.74 Å². The summed E-state index contributed by atoms with van der Waals surface area (Å²) in [5.74, 6) is -0.647. The second-order valence-corrected chi connectivity index (χ2v) is 2.74. The van der Waals surface area contributed by atoms with E-state index >= 15 is 0 Å². The highest BCUT2D eigenvalue weighted by Gasteiger charge is 2.12. The van der Waals surface area contributed by atoms with Gasteiger partial charge in [-0.15, -0.1) is 0 Å². The highest BCUT2D eigenvalue weighted by atomic mass is 16.5. The van der Waals surface area contributed by atoms with E-state index in [-0.39, 0.29) is 0 Å². The quantitative estimate of drug-likeness (QED) is 0.784. The minimum Gasteiger partial charge on any atom is -0.479 e. The van der Waals surface area contributed by atoms with Crippen molar-refractivity contribution in [3.8, 4) is 11.8 Å². The number of rotatable bonds is 3. The average molecular weight is 191 g/mol. The van der Waals surface area contributed by atoms with Crippen LogP contribution >= 0.6 is 0 Å². The van der Waals surface area contributed by atoms with Gasteiger partial charge < -0.3 is 9.84 Å². The summed E-state index contributed by atoms with van der Waals surface area (Å²) >= 11 is 0. The molecule has 0 heterocycles. The maximum Gasteiger partial charge on any atom is 0.344 e. The van der Waals surface area contributed by atoms with Crippen molar-refractivity contribution in [1.82, 2.24) is 0 Å². The molecule has 0 fully saturated rings. The lowest BCUT2D eigenvalue weighted by Crippen LogP contribution is -2.22. The van der Waals surface area contributed by atoms with Gasteiger partial charge in [0.05, 0.1) is 11.6 Å². The van der Waals surface area contributed by atoms with Crippen molar-refractivity contribution in [3.63, 3.8) is 0 Å². The molecule has 14 heavy (non-hydrogen) atoms. The maximum absolute atomic E-state index is 10.5. The molecule has 0 spiro atoms. The lowest BCUT2D eigenvalue weighted by molar-refractivity contribution is -0.144. The molecule has 1 rings (SSSR count). The van der Waals surface area contributed by atoms with Gasteiger partial charge in [-0.2, -0.15) is 5.26 Å². The number of carboxylic acids is 1. The summed E-state index contributed by atoms with van der Waals surface area (Å²) in [6.45, 7) is 1.43. The molecule has 4 nitrogen and oxygen atoms in total. The second-order valence-electron chi connectivity index (χ2n) is 2.74. The summed E-state index contributed by atoms with van der Waals surface area (Å²) in [7, 11) is 0. The molecule has 1 atom stereocenters. The summed E-state index contributed by atoms with van der Waals surface area (Å²) in [5, 5.41) is 17.2. The monoisotopic (exact) mass is 191 g/mol. The van der Waals surface area contributed by atoms with Gasteiger partial charge in [0.2, 0.25) is 0 Å². The van der Waals surface area contributed by atoms with Crippen LogP contribution in [-0.2, 0) is 4.79 Å². The molecule has 1 N–H and O–H groups in total. The van der Waals surface area contributed by atoms with Crippen LogP contribution in [0.5, 0.6) is 5.75 Å². The summed E-state index contributed by atoms with van der Waals surface area (Å²) in [6, 6.07) is 8.32. The van der Waals surface area contributed by atoms with Gasteiger partial charge in [0.15, 0.2) is 6.10 Å². The van der Waals surface area contributed by atoms with Crippen LogP contribution in [0.4, 0.5) is 0 Å². The Kier molecular flexibility index (Phi) is 3.08. The van der Waals surface area contributed by atoms with Crippen molar-refractivity contribution < 1.29 is 14.6 Å². The fourth-order valence-corrected chi connectivity index (χ4v) is 0.893. The summed E-state index contributed by atoms with van der Waals surface area (Å²) in [6.07, 6.45) is -0.913. The number of hydrogen-bond donors (Lipinski definition) is 1. The number of nitrogens with zero attached hydrogens (tertiary/aromatic N) is 1. The van der Waals surface area contributed by atoms with Gasteiger partial charge in [-0.3, -0.25) is 0 Å². The number of benzene rings is 1. The Labute approximate surface area is 81.4 Å². The third-order valence-electron chi connectivity index (χ3n) is 1.62. The fraction of sp³-hybridized carbons (Fsp3) is 0.200. The predicted molar refractivity (Wildman–Crippen MR) is 48.9 cm³/mol. The van der Waals surface area contributed by atoms with Crippen LogP contribution in [0.25, 0.3) is 0 Å². The zero-order chi connectivity index (χ0) is 10.6. The smallest absolute Gasteiger partial charge is 0.344 e. The highest BCUT2D eigenvalue weighted by Crippen LogP contribution is 2.14. The molecule has 0 unspecified atom stereocenters. The van der Waals surface area contributed by atoms with E-state index in [1.54, 1.807) is 18.2 Å². The van der Waals surface area contributed by atoms with Gasteiger partial charge in [0, 0.05) is 0 Å². The third-order valence-corrected chi connectivity index (χ3v) is 1.62. The number of carbonyl (C=O) groups is 1. The van der Waals surface area contributed by atoms with Crippen LogP contribution in [0.1, 0.15) is 12.5 Å². The molecular formula is C10H9NO3. The predicted octanol–water partition coefficient (Wildman–Crippen LogP) is 1.41. The zero-order valence-electron chi connectivity index (χ0n) is 7.60. The van der Waals surface area contributed by atoms with Crippen molar-refractivity contribution >= 4 is 5.97 Å². The first-order chi connectivity index (χ1) is 6.63. The minimum absolute atomic E-state index is 0.388. The Morgan fingerprint density at radius 1 is 1.64 bits per heavy atom. The first kappa shape index (κ1) is 10.1. The third kappa shape index (κ3) is 2.49. The SMILES string of the molecule is C[C@@H](Oc1cccc(C#N)c1)C(=O)O. The van der Waals surface area contributed by atoms with Crippen molar-refractivity contribution in [2.75, 3.05) is 0 Å². The standard InChI is InChI=1S/C10H9NO3/c1-7(10(12)13)14-9-4-2-3-8(5-9)6-11/h2-5,7H,1H3,(H,12,13)/t7-/m1/s1. The first-order valence-corrected chi connectivity index (χ1v) is 4.03. The van der Waals surface area contributed by atoms with E-state index in [0.29, 0.717) is 11.3 Å². The van der Waals surface area contributed by atoms with Crippen LogP contribution in [0.3, 0.4) is 0 Å². The Bertz CT molecular complexity index is 381. The Hall–Kier alpha value is -2.02. The molecule has 1 aromatic rings. The minimum atomic E-state index is -1.03. The highest BCUT2D eigenvalue weighted by molar-refractivity contribution is 5.72.